The van der Waals surface area contributed by atoms with E-state index in [2.05, 4.69) is 73.8 Å². The topological polar surface area (TPSA) is 20.2 Å². The predicted molar refractivity (Wildman–Crippen MR) is 91.7 cm³/mol. The predicted octanol–water partition coefficient (Wildman–Crippen LogP) is 3.77. The summed E-state index contributed by atoms with van der Waals surface area (Å²) < 4.78 is 0. The van der Waals surface area contributed by atoms with Crippen molar-refractivity contribution in [3.63, 3.8) is 0 Å². The molecule has 1 nitrogen and oxygen atoms in total. The molecule has 2 heteroatoms. The maximum absolute atomic E-state index is 10.0. The molecule has 1 saturated carbocycles. The van der Waals surface area contributed by atoms with Gasteiger partial charge < -0.3 is 5.11 Å². The van der Waals surface area contributed by atoms with Crippen molar-refractivity contribution in [2.24, 2.45) is 5.92 Å². The fraction of sp³-hybridized carbons (Fsp3) is 0.368. The molecule has 110 valence electrons. The van der Waals surface area contributed by atoms with E-state index >= 15 is 0 Å². The molecule has 0 radical (unpaired) electrons. The molecule has 0 bridgehead atoms. The maximum Gasteiger partial charge on any atom is 0.0862 e. The molecule has 0 amide bonds. The fourth-order valence-corrected chi connectivity index (χ4v) is 7.10. The zero-order chi connectivity index (χ0) is 14.9. The minimum absolute atomic E-state index is 0.322. The maximum atomic E-state index is 10.0. The SMILES string of the molecule is C[Si](C)(c1ccccc1)[C@@H](CO)[C@@H]1C[C@H]1c1ccccc1. The standard InChI is InChI=1S/C19H24OSi/c1-21(2,16-11-7-4-8-12-16)19(14-20)18-13-17(18)15-9-5-3-6-10-15/h3-12,17-20H,13-14H2,1-2H3/t17-,18+,19-/m0/s1. The van der Waals surface area contributed by atoms with Crippen molar-refractivity contribution in [2.75, 3.05) is 6.61 Å². The molecule has 21 heavy (non-hydrogen) atoms. The Bertz CT molecular complexity index is 579. The third kappa shape index (κ3) is 2.83. The van der Waals surface area contributed by atoms with Gasteiger partial charge in [-0.15, -0.1) is 0 Å². The van der Waals surface area contributed by atoms with Crippen molar-refractivity contribution in [3.8, 4) is 0 Å². The number of benzene rings is 2. The van der Waals surface area contributed by atoms with Gasteiger partial charge in [0.25, 0.3) is 0 Å². The van der Waals surface area contributed by atoms with E-state index in [0.717, 1.165) is 0 Å². The van der Waals surface area contributed by atoms with Crippen LogP contribution in [-0.4, -0.2) is 19.8 Å². The van der Waals surface area contributed by atoms with Gasteiger partial charge in [0, 0.05) is 6.61 Å². The molecule has 3 rings (SSSR count). The second-order valence-corrected chi connectivity index (χ2v) is 11.6. The lowest BCUT2D eigenvalue weighted by atomic mass is 10.1. The van der Waals surface area contributed by atoms with Crippen molar-refractivity contribution in [3.05, 3.63) is 66.2 Å². The van der Waals surface area contributed by atoms with Gasteiger partial charge in [0.15, 0.2) is 0 Å². The molecule has 1 aliphatic rings. The Balaban J connectivity index is 1.81. The Morgan fingerprint density at radius 2 is 1.57 bits per heavy atom. The van der Waals surface area contributed by atoms with Crippen LogP contribution >= 0.6 is 0 Å². The van der Waals surface area contributed by atoms with Crippen LogP contribution < -0.4 is 5.19 Å². The zero-order valence-electron chi connectivity index (χ0n) is 12.9. The number of hydrogen-bond donors (Lipinski definition) is 1. The van der Waals surface area contributed by atoms with Gasteiger partial charge in [-0.1, -0.05) is 78.9 Å². The van der Waals surface area contributed by atoms with Crippen LogP contribution in [-0.2, 0) is 0 Å². The fourth-order valence-electron chi connectivity index (χ4n) is 3.72. The van der Waals surface area contributed by atoms with E-state index in [-0.39, 0.29) is 0 Å². The summed E-state index contributed by atoms with van der Waals surface area (Å²) in [6.07, 6.45) is 1.23. The van der Waals surface area contributed by atoms with E-state index in [9.17, 15) is 5.11 Å². The Morgan fingerprint density at radius 1 is 1.00 bits per heavy atom. The van der Waals surface area contributed by atoms with Gasteiger partial charge in [0.05, 0.1) is 8.07 Å². The van der Waals surface area contributed by atoms with E-state index < -0.39 is 8.07 Å². The third-order valence-corrected chi connectivity index (χ3v) is 9.51. The van der Waals surface area contributed by atoms with Crippen molar-refractivity contribution >= 4 is 13.3 Å². The van der Waals surface area contributed by atoms with Crippen LogP contribution in [0.3, 0.4) is 0 Å². The van der Waals surface area contributed by atoms with E-state index in [1.807, 2.05) is 0 Å². The first-order valence-corrected chi connectivity index (χ1v) is 10.9. The Morgan fingerprint density at radius 3 is 2.14 bits per heavy atom. The number of rotatable bonds is 5. The molecule has 1 aliphatic carbocycles. The van der Waals surface area contributed by atoms with E-state index in [0.29, 0.717) is 24.0 Å². The van der Waals surface area contributed by atoms with E-state index in [4.69, 9.17) is 0 Å². The normalized spacial score (nSPS) is 22.8. The lowest BCUT2D eigenvalue weighted by Gasteiger charge is -2.32. The zero-order valence-corrected chi connectivity index (χ0v) is 13.9. The summed E-state index contributed by atoms with van der Waals surface area (Å²) in [5.74, 6) is 1.30. The Labute approximate surface area is 128 Å². The molecule has 0 spiro atoms. The highest BCUT2D eigenvalue weighted by molar-refractivity contribution is 6.91. The monoisotopic (exact) mass is 296 g/mol. The van der Waals surface area contributed by atoms with Gasteiger partial charge in [-0.3, -0.25) is 0 Å². The van der Waals surface area contributed by atoms with Gasteiger partial charge in [0.1, 0.15) is 0 Å². The third-order valence-electron chi connectivity index (χ3n) is 5.23. The molecule has 0 heterocycles. The van der Waals surface area contributed by atoms with Crippen LogP contribution in [0.2, 0.25) is 18.6 Å². The highest BCUT2D eigenvalue weighted by Crippen LogP contribution is 2.56. The van der Waals surface area contributed by atoms with Gasteiger partial charge >= 0.3 is 0 Å². The largest absolute Gasteiger partial charge is 0.396 e. The molecule has 1 N–H and O–H groups in total. The molecule has 2 aromatic carbocycles. The minimum atomic E-state index is -1.63. The highest BCUT2D eigenvalue weighted by atomic mass is 28.3. The lowest BCUT2D eigenvalue weighted by molar-refractivity contribution is 0.275. The van der Waals surface area contributed by atoms with Gasteiger partial charge in [0.2, 0.25) is 0 Å². The van der Waals surface area contributed by atoms with Crippen LogP contribution in [0.25, 0.3) is 0 Å². The smallest absolute Gasteiger partial charge is 0.0862 e. The first-order chi connectivity index (χ1) is 10.1. The second-order valence-electron chi connectivity index (χ2n) is 6.79. The quantitative estimate of drug-likeness (QED) is 0.833. The summed E-state index contributed by atoms with van der Waals surface area (Å²) in [5, 5.41) is 11.5. The molecule has 2 aromatic rings. The molecule has 0 aromatic heterocycles. The van der Waals surface area contributed by atoms with Gasteiger partial charge in [-0.25, -0.2) is 0 Å². The van der Waals surface area contributed by atoms with Crippen LogP contribution in [0.15, 0.2) is 60.7 Å². The first kappa shape index (κ1) is 14.5. The van der Waals surface area contributed by atoms with Crippen LogP contribution in [0.5, 0.6) is 0 Å². The van der Waals surface area contributed by atoms with E-state index in [1.165, 1.54) is 17.2 Å². The summed E-state index contributed by atoms with van der Waals surface area (Å²) in [7, 11) is -1.63. The minimum Gasteiger partial charge on any atom is -0.396 e. The summed E-state index contributed by atoms with van der Waals surface area (Å²) >= 11 is 0. The van der Waals surface area contributed by atoms with Crippen molar-refractivity contribution in [1.82, 2.24) is 0 Å². The number of hydrogen-bond acceptors (Lipinski definition) is 1. The summed E-state index contributed by atoms with van der Waals surface area (Å²) in [6.45, 7) is 5.13. The lowest BCUT2D eigenvalue weighted by Crippen LogP contribution is -2.48. The number of aliphatic hydroxyl groups excluding tert-OH is 1. The van der Waals surface area contributed by atoms with Crippen LogP contribution in [0.1, 0.15) is 17.9 Å². The molecule has 1 fully saturated rings. The highest BCUT2D eigenvalue weighted by Gasteiger charge is 2.49. The summed E-state index contributed by atoms with van der Waals surface area (Å²) in [4.78, 5) is 0. The average Bonchev–Trinajstić information content (AvgIpc) is 3.30. The van der Waals surface area contributed by atoms with Crippen molar-refractivity contribution in [2.45, 2.75) is 31.0 Å². The molecular formula is C19H24OSi. The van der Waals surface area contributed by atoms with Crippen LogP contribution in [0, 0.1) is 5.92 Å². The number of aliphatic hydroxyl groups is 1. The molecule has 0 unspecified atom stereocenters. The van der Waals surface area contributed by atoms with Crippen molar-refractivity contribution in [1.29, 1.82) is 0 Å². The average molecular weight is 296 g/mol. The first-order valence-electron chi connectivity index (χ1n) is 7.86. The van der Waals surface area contributed by atoms with Gasteiger partial charge in [-0.05, 0) is 29.4 Å². The second kappa shape index (κ2) is 5.78. The van der Waals surface area contributed by atoms with E-state index in [1.54, 1.807) is 0 Å². The Kier molecular flexibility index (Phi) is 4.00. The molecular weight excluding hydrogens is 272 g/mol. The summed E-state index contributed by atoms with van der Waals surface area (Å²) in [5.41, 5.74) is 1.89. The molecule has 0 aliphatic heterocycles. The summed E-state index contributed by atoms with van der Waals surface area (Å²) in [6, 6.07) is 21.6. The molecule has 3 atom stereocenters. The molecule has 0 saturated heterocycles. The van der Waals surface area contributed by atoms with Crippen LogP contribution in [0.4, 0.5) is 0 Å². The van der Waals surface area contributed by atoms with Crippen molar-refractivity contribution < 1.29 is 5.11 Å². The Hall–Kier alpha value is -1.38. The van der Waals surface area contributed by atoms with Gasteiger partial charge in [-0.2, -0.15) is 0 Å².